The van der Waals surface area contributed by atoms with Crippen LogP contribution in [0.25, 0.3) is 10.8 Å². The van der Waals surface area contributed by atoms with E-state index in [0.29, 0.717) is 6.04 Å². The lowest BCUT2D eigenvalue weighted by Gasteiger charge is -2.24. The standard InChI is InChI=1S/C17H24N2S/c1-5-19-16(12-20-17(2,3)4)15-11-18-10-13-8-6-7-9-14(13)15/h6-11,16,19H,5,12H2,1-4H3. The minimum atomic E-state index is 0.283. The fraction of sp³-hybridized carbons (Fsp3) is 0.471. The summed E-state index contributed by atoms with van der Waals surface area (Å²) in [6, 6.07) is 8.85. The molecule has 1 atom stereocenters. The lowest BCUT2D eigenvalue weighted by atomic mass is 10.0. The molecule has 1 N–H and O–H groups in total. The zero-order chi connectivity index (χ0) is 14.6. The van der Waals surface area contributed by atoms with Gasteiger partial charge in [0.15, 0.2) is 0 Å². The zero-order valence-corrected chi connectivity index (χ0v) is 13.6. The molecule has 1 heterocycles. The van der Waals surface area contributed by atoms with Gasteiger partial charge in [-0.05, 0) is 17.5 Å². The largest absolute Gasteiger partial charge is 0.309 e. The summed E-state index contributed by atoms with van der Waals surface area (Å²) >= 11 is 1.99. The minimum absolute atomic E-state index is 0.283. The van der Waals surface area contributed by atoms with Gasteiger partial charge in [-0.15, -0.1) is 0 Å². The van der Waals surface area contributed by atoms with Crippen LogP contribution in [0.4, 0.5) is 0 Å². The minimum Gasteiger partial charge on any atom is -0.309 e. The molecule has 0 saturated heterocycles. The summed E-state index contributed by atoms with van der Waals surface area (Å²) in [5.74, 6) is 1.06. The maximum Gasteiger partial charge on any atom is 0.0433 e. The molecule has 1 aromatic carbocycles. The molecule has 1 unspecified atom stereocenters. The van der Waals surface area contributed by atoms with E-state index in [1.54, 1.807) is 0 Å². The van der Waals surface area contributed by atoms with Crippen molar-refractivity contribution in [3.63, 3.8) is 0 Å². The second kappa shape index (κ2) is 6.59. The van der Waals surface area contributed by atoms with Gasteiger partial charge in [-0.2, -0.15) is 11.8 Å². The Hall–Kier alpha value is -1.06. The quantitative estimate of drug-likeness (QED) is 0.881. The van der Waals surface area contributed by atoms with Gasteiger partial charge in [-0.25, -0.2) is 0 Å². The summed E-state index contributed by atoms with van der Waals surface area (Å²) in [4.78, 5) is 4.41. The van der Waals surface area contributed by atoms with Crippen LogP contribution in [-0.4, -0.2) is 22.0 Å². The molecule has 0 aliphatic rings. The molecule has 2 aromatic rings. The molecule has 3 heteroatoms. The molecule has 20 heavy (non-hydrogen) atoms. The molecule has 0 aliphatic heterocycles. The van der Waals surface area contributed by atoms with Crippen molar-refractivity contribution in [2.24, 2.45) is 0 Å². The number of rotatable bonds is 5. The molecule has 0 bridgehead atoms. The van der Waals surface area contributed by atoms with E-state index in [1.807, 2.05) is 24.2 Å². The number of fused-ring (bicyclic) bond motifs is 1. The predicted molar refractivity (Wildman–Crippen MR) is 90.4 cm³/mol. The third-order valence-corrected chi connectivity index (χ3v) is 4.57. The number of pyridine rings is 1. The molecule has 1 aromatic heterocycles. The Labute approximate surface area is 126 Å². The topological polar surface area (TPSA) is 24.9 Å². The second-order valence-corrected chi connectivity index (χ2v) is 7.83. The van der Waals surface area contributed by atoms with Crippen LogP contribution in [0.1, 0.15) is 39.3 Å². The van der Waals surface area contributed by atoms with Crippen molar-refractivity contribution in [3.05, 3.63) is 42.2 Å². The van der Waals surface area contributed by atoms with Gasteiger partial charge >= 0.3 is 0 Å². The highest BCUT2D eigenvalue weighted by Crippen LogP contribution is 2.31. The summed E-state index contributed by atoms with van der Waals surface area (Å²) in [5.41, 5.74) is 1.31. The average molecular weight is 288 g/mol. The summed E-state index contributed by atoms with van der Waals surface area (Å²) < 4.78 is 0.283. The van der Waals surface area contributed by atoms with Crippen molar-refractivity contribution in [1.29, 1.82) is 0 Å². The number of hydrogen-bond acceptors (Lipinski definition) is 3. The van der Waals surface area contributed by atoms with Crippen molar-refractivity contribution < 1.29 is 0 Å². The van der Waals surface area contributed by atoms with Crippen molar-refractivity contribution in [2.75, 3.05) is 12.3 Å². The highest BCUT2D eigenvalue weighted by molar-refractivity contribution is 8.00. The SMILES string of the molecule is CCNC(CSC(C)(C)C)c1cncc2ccccc12. The van der Waals surface area contributed by atoms with Gasteiger partial charge in [-0.3, -0.25) is 4.98 Å². The van der Waals surface area contributed by atoms with E-state index in [1.165, 1.54) is 16.3 Å². The number of hydrogen-bond donors (Lipinski definition) is 1. The van der Waals surface area contributed by atoms with Crippen LogP contribution < -0.4 is 5.32 Å². The summed E-state index contributed by atoms with van der Waals surface area (Å²) in [6.07, 6.45) is 3.96. The summed E-state index contributed by atoms with van der Waals surface area (Å²) in [7, 11) is 0. The van der Waals surface area contributed by atoms with E-state index in [-0.39, 0.29) is 4.75 Å². The zero-order valence-electron chi connectivity index (χ0n) is 12.8. The Morgan fingerprint density at radius 3 is 2.65 bits per heavy atom. The van der Waals surface area contributed by atoms with Crippen LogP contribution in [0.2, 0.25) is 0 Å². The molecular weight excluding hydrogens is 264 g/mol. The number of thioether (sulfide) groups is 1. The molecule has 0 amide bonds. The molecule has 0 fully saturated rings. The van der Waals surface area contributed by atoms with E-state index in [0.717, 1.165) is 12.3 Å². The third-order valence-electron chi connectivity index (χ3n) is 3.21. The molecule has 0 radical (unpaired) electrons. The van der Waals surface area contributed by atoms with Crippen LogP contribution in [0.3, 0.4) is 0 Å². The van der Waals surface area contributed by atoms with Gasteiger partial charge in [0.1, 0.15) is 0 Å². The van der Waals surface area contributed by atoms with E-state index < -0.39 is 0 Å². The first kappa shape index (κ1) is 15.3. The van der Waals surface area contributed by atoms with Gasteiger partial charge < -0.3 is 5.32 Å². The molecular formula is C17H24N2S. The Morgan fingerprint density at radius 1 is 1.20 bits per heavy atom. The van der Waals surface area contributed by atoms with Crippen molar-refractivity contribution in [2.45, 2.75) is 38.5 Å². The average Bonchev–Trinajstić information content (AvgIpc) is 2.42. The monoisotopic (exact) mass is 288 g/mol. The first-order chi connectivity index (χ1) is 9.51. The smallest absolute Gasteiger partial charge is 0.0433 e. The fourth-order valence-corrected chi connectivity index (χ4v) is 3.22. The maximum absolute atomic E-state index is 4.41. The third kappa shape index (κ3) is 3.97. The lowest BCUT2D eigenvalue weighted by Crippen LogP contribution is -2.25. The molecule has 0 aliphatic carbocycles. The first-order valence-electron chi connectivity index (χ1n) is 7.21. The molecule has 0 spiro atoms. The number of nitrogens with one attached hydrogen (secondary N) is 1. The van der Waals surface area contributed by atoms with Crippen LogP contribution in [0.5, 0.6) is 0 Å². The molecule has 0 saturated carbocycles. The fourth-order valence-electron chi connectivity index (χ4n) is 2.26. The van der Waals surface area contributed by atoms with Gasteiger partial charge in [0, 0.05) is 34.3 Å². The van der Waals surface area contributed by atoms with E-state index >= 15 is 0 Å². The van der Waals surface area contributed by atoms with Gasteiger partial charge in [0.2, 0.25) is 0 Å². The van der Waals surface area contributed by atoms with Gasteiger partial charge in [-0.1, -0.05) is 52.0 Å². The Bertz CT molecular complexity index is 555. The van der Waals surface area contributed by atoms with Crippen molar-refractivity contribution in [3.8, 4) is 0 Å². The van der Waals surface area contributed by atoms with Gasteiger partial charge in [0.05, 0.1) is 0 Å². The maximum atomic E-state index is 4.41. The molecule has 108 valence electrons. The van der Waals surface area contributed by atoms with Crippen LogP contribution >= 0.6 is 11.8 Å². The Balaban J connectivity index is 2.31. The van der Waals surface area contributed by atoms with Crippen LogP contribution in [-0.2, 0) is 0 Å². The van der Waals surface area contributed by atoms with Gasteiger partial charge in [0.25, 0.3) is 0 Å². The van der Waals surface area contributed by atoms with E-state index in [4.69, 9.17) is 0 Å². The van der Waals surface area contributed by atoms with Crippen LogP contribution in [0.15, 0.2) is 36.7 Å². The van der Waals surface area contributed by atoms with Crippen LogP contribution in [0, 0.1) is 0 Å². The Kier molecular flexibility index (Phi) is 5.06. The predicted octanol–water partition coefficient (Wildman–Crippen LogP) is 4.42. The van der Waals surface area contributed by atoms with Crippen molar-refractivity contribution in [1.82, 2.24) is 10.3 Å². The number of benzene rings is 1. The van der Waals surface area contributed by atoms with Crippen molar-refractivity contribution >= 4 is 22.5 Å². The summed E-state index contributed by atoms with van der Waals surface area (Å²) in [5, 5.41) is 6.13. The second-order valence-electron chi connectivity index (χ2n) is 5.98. The van der Waals surface area contributed by atoms with E-state index in [9.17, 15) is 0 Å². The first-order valence-corrected chi connectivity index (χ1v) is 8.20. The number of aromatic nitrogens is 1. The van der Waals surface area contributed by atoms with E-state index in [2.05, 4.69) is 62.3 Å². The number of nitrogens with zero attached hydrogens (tertiary/aromatic N) is 1. The lowest BCUT2D eigenvalue weighted by molar-refractivity contribution is 0.605. The highest BCUT2D eigenvalue weighted by atomic mass is 32.2. The normalized spacial score (nSPS) is 13.6. The highest BCUT2D eigenvalue weighted by Gasteiger charge is 2.18. The molecule has 2 rings (SSSR count). The molecule has 2 nitrogen and oxygen atoms in total. The Morgan fingerprint density at radius 2 is 1.95 bits per heavy atom. The summed E-state index contributed by atoms with van der Waals surface area (Å²) in [6.45, 7) is 9.93.